The third kappa shape index (κ3) is 32.1. The Kier molecular flexibility index (Phi) is 50.4. The molecule has 0 saturated carbocycles. The third-order valence-electron chi connectivity index (χ3n) is 26.6. The van der Waals surface area contributed by atoms with Gasteiger partial charge in [0.25, 0.3) is 0 Å². The van der Waals surface area contributed by atoms with Crippen molar-refractivity contribution in [2.45, 2.75) is 527 Å². The van der Waals surface area contributed by atoms with E-state index in [1.54, 1.807) is 0 Å². The Morgan fingerprint density at radius 2 is 0.380 bits per heavy atom. The topological polar surface area (TPSA) is 51.6 Å². The zero-order valence-corrected chi connectivity index (χ0v) is 73.0. The molecular weight excluding hydrogens is 1360 g/mol. The number of benzene rings is 3. The van der Waals surface area contributed by atoms with Crippen LogP contribution >= 0.6 is 23.5 Å². The number of halogens is 2. The van der Waals surface area contributed by atoms with Gasteiger partial charge in [0, 0.05) is 44.2 Å². The monoisotopic (exact) mass is 1530 g/mol. The molecule has 5 aromatic rings. The van der Waals surface area contributed by atoms with E-state index >= 15 is 8.78 Å². The van der Waals surface area contributed by atoms with Gasteiger partial charge in [-0.1, -0.05) is 502 Å². The molecule has 0 fully saturated rings. The summed E-state index contributed by atoms with van der Waals surface area (Å²) >= 11 is 2.46. The van der Waals surface area contributed by atoms with Crippen LogP contribution in [0.4, 0.5) is 8.78 Å². The standard InChI is InChI=1S/C100H168F2N4S2/c1-5-9-13-17-21-25-29-33-37-41-45-49-53-57-61-65-69-73-81-99(82-74-70-66-62-58-54-50-46-42-38-34-30-26-22-18-14-10-6-2)85-77-79-87-97(105-107-103-87)89(85)91-93(99)95(101)92-90-86(78-80-88-98(90)106-108-104-88)100(94(92)96(91)102,83-75-71-67-63-59-55-51-47-43-39-35-31-27-23-19-15-11-7-3)84-76-72-68-64-60-56-52-48-44-40-36-32-28-24-20-16-12-8-4/h77-80H,5-76,81-84H2,1-4H3. The van der Waals surface area contributed by atoms with E-state index < -0.39 is 10.8 Å². The summed E-state index contributed by atoms with van der Waals surface area (Å²) in [6.45, 7) is 9.24. The van der Waals surface area contributed by atoms with Gasteiger partial charge in [-0.25, -0.2) is 8.78 Å². The highest BCUT2D eigenvalue weighted by atomic mass is 32.1. The summed E-state index contributed by atoms with van der Waals surface area (Å²) in [5.74, 6) is -0.337. The van der Waals surface area contributed by atoms with E-state index in [4.69, 9.17) is 17.5 Å². The number of aromatic nitrogens is 4. The molecule has 2 aliphatic carbocycles. The van der Waals surface area contributed by atoms with Crippen LogP contribution in [0, 0.1) is 11.6 Å². The second-order valence-corrected chi connectivity index (χ2v) is 36.6. The SMILES string of the molecule is CCCCCCCCCCCCCCCCCCCCC1(CCCCCCCCCCCCCCCCCCCC)c2ccc3nsnc3c2-c2c(F)c3c(c(F)c21)-c1c(ccc2nsnc12)C3(CCCCCCCCCCCCCCCCCCCC)CCCCCCCCCCCCCCCCCCCC. The first-order chi connectivity index (χ1) is 53.5. The highest BCUT2D eigenvalue weighted by Crippen LogP contribution is 2.65. The Morgan fingerprint density at radius 1 is 0.213 bits per heavy atom. The highest BCUT2D eigenvalue weighted by molar-refractivity contribution is 7.00. The number of hydrogen-bond acceptors (Lipinski definition) is 6. The highest BCUT2D eigenvalue weighted by Gasteiger charge is 2.54. The number of nitrogens with zero attached hydrogens (tertiary/aromatic N) is 4. The van der Waals surface area contributed by atoms with E-state index in [0.29, 0.717) is 22.3 Å². The summed E-state index contributed by atoms with van der Waals surface area (Å²) in [6, 6.07) is 8.83. The fraction of sp³-hybridized carbons (Fsp3) is 0.820. The molecule has 0 spiro atoms. The number of rotatable bonds is 76. The molecule has 3 aromatic carbocycles. The lowest BCUT2D eigenvalue weighted by Gasteiger charge is -2.35. The van der Waals surface area contributed by atoms with Gasteiger partial charge >= 0.3 is 0 Å². The van der Waals surface area contributed by atoms with E-state index in [1.807, 2.05) is 0 Å². The Labute approximate surface area is 674 Å². The zero-order chi connectivity index (χ0) is 75.9. The number of fused-ring (bicyclic) bond motifs is 10. The Hall–Kier alpha value is -2.84. The van der Waals surface area contributed by atoms with Crippen LogP contribution in [0.2, 0.25) is 0 Å². The Morgan fingerprint density at radius 3 is 0.556 bits per heavy atom. The van der Waals surface area contributed by atoms with Gasteiger partial charge in [-0.2, -0.15) is 17.5 Å². The lowest BCUT2D eigenvalue weighted by molar-refractivity contribution is 0.374. The van der Waals surface area contributed by atoms with Gasteiger partial charge in [0.1, 0.15) is 33.7 Å². The average molecular weight is 1530 g/mol. The van der Waals surface area contributed by atoms with Crippen LogP contribution in [0.1, 0.15) is 538 Å². The molecule has 0 aliphatic heterocycles. The van der Waals surface area contributed by atoms with Crippen LogP contribution < -0.4 is 0 Å². The molecule has 0 bridgehead atoms. The van der Waals surface area contributed by atoms with Crippen molar-refractivity contribution >= 4 is 45.5 Å². The molecule has 0 saturated heterocycles. The van der Waals surface area contributed by atoms with Crippen molar-refractivity contribution in [1.82, 2.24) is 17.5 Å². The van der Waals surface area contributed by atoms with Crippen molar-refractivity contribution in [3.8, 4) is 22.3 Å². The molecule has 0 N–H and O–H groups in total. The summed E-state index contributed by atoms with van der Waals surface area (Å²) in [5, 5.41) is 0. The number of hydrogen-bond donors (Lipinski definition) is 0. The van der Waals surface area contributed by atoms with Gasteiger partial charge < -0.3 is 0 Å². The van der Waals surface area contributed by atoms with Gasteiger partial charge in [0.2, 0.25) is 0 Å². The summed E-state index contributed by atoms with van der Waals surface area (Å²) in [5.41, 5.74) is 8.09. The molecule has 0 atom stereocenters. The van der Waals surface area contributed by atoms with Crippen LogP contribution in [0.3, 0.4) is 0 Å². The number of unbranched alkanes of at least 4 members (excludes halogenated alkanes) is 68. The van der Waals surface area contributed by atoms with Crippen molar-refractivity contribution in [2.75, 3.05) is 0 Å². The van der Waals surface area contributed by atoms with Gasteiger partial charge in [0.15, 0.2) is 0 Å². The van der Waals surface area contributed by atoms with Crippen LogP contribution in [0.15, 0.2) is 24.3 Å². The van der Waals surface area contributed by atoms with Crippen molar-refractivity contribution < 1.29 is 8.78 Å². The van der Waals surface area contributed by atoms with E-state index in [2.05, 4.69) is 52.0 Å². The van der Waals surface area contributed by atoms with Gasteiger partial charge in [-0.15, -0.1) is 0 Å². The summed E-state index contributed by atoms with van der Waals surface area (Å²) in [7, 11) is 0. The van der Waals surface area contributed by atoms with Crippen LogP contribution in [0.25, 0.3) is 44.3 Å². The molecule has 0 amide bonds. The van der Waals surface area contributed by atoms with Gasteiger partial charge in [-0.05, 0) is 48.9 Å². The van der Waals surface area contributed by atoms with Crippen LogP contribution in [-0.2, 0) is 10.8 Å². The smallest absolute Gasteiger partial charge is 0.136 e. The first kappa shape index (κ1) is 92.3. The zero-order valence-electron chi connectivity index (χ0n) is 71.4. The molecule has 0 unspecified atom stereocenters. The van der Waals surface area contributed by atoms with Crippen molar-refractivity contribution in [3.05, 3.63) is 58.2 Å². The lowest BCUT2D eigenvalue weighted by atomic mass is 9.68. The second kappa shape index (κ2) is 58.9. The van der Waals surface area contributed by atoms with Crippen LogP contribution in [0.5, 0.6) is 0 Å². The predicted molar refractivity (Wildman–Crippen MR) is 474 cm³/mol. The van der Waals surface area contributed by atoms with Crippen LogP contribution in [-0.4, -0.2) is 17.5 Å². The Balaban J connectivity index is 1.07. The maximum Gasteiger partial charge on any atom is 0.136 e. The van der Waals surface area contributed by atoms with E-state index in [-0.39, 0.29) is 11.6 Å². The van der Waals surface area contributed by atoms with Gasteiger partial charge in [-0.3, -0.25) is 0 Å². The quantitative estimate of drug-likeness (QED) is 0.0364. The molecule has 2 aromatic heterocycles. The van der Waals surface area contributed by atoms with Crippen molar-refractivity contribution in [3.63, 3.8) is 0 Å². The molecule has 2 aliphatic rings. The van der Waals surface area contributed by atoms with Gasteiger partial charge in [0.05, 0.1) is 23.5 Å². The third-order valence-corrected chi connectivity index (χ3v) is 27.6. The molecule has 2 heterocycles. The maximum absolute atomic E-state index is 20.0. The summed E-state index contributed by atoms with van der Waals surface area (Å²) in [6.07, 6.45) is 99.3. The normalized spacial score (nSPS) is 13.5. The van der Waals surface area contributed by atoms with E-state index in [1.165, 1.54) is 434 Å². The van der Waals surface area contributed by atoms with E-state index in [0.717, 1.165) is 121 Å². The molecular formula is C100H168F2N4S2. The summed E-state index contributed by atoms with van der Waals surface area (Å²) < 4.78 is 59.9. The van der Waals surface area contributed by atoms with E-state index in [9.17, 15) is 0 Å². The minimum absolute atomic E-state index is 0.169. The average Bonchev–Trinajstić information content (AvgIpc) is 1.50. The largest absolute Gasteiger partial charge is 0.206 e. The second-order valence-electron chi connectivity index (χ2n) is 35.6. The lowest BCUT2D eigenvalue weighted by Crippen LogP contribution is -2.29. The molecule has 7 rings (SSSR count). The first-order valence-electron chi connectivity index (χ1n) is 48.6. The fourth-order valence-corrected chi connectivity index (χ4v) is 21.0. The summed E-state index contributed by atoms with van der Waals surface area (Å²) in [4.78, 5) is 0. The molecule has 614 valence electrons. The van der Waals surface area contributed by atoms with Crippen molar-refractivity contribution in [2.24, 2.45) is 0 Å². The minimum Gasteiger partial charge on any atom is -0.206 e. The fourth-order valence-electron chi connectivity index (χ4n) is 19.9. The maximum atomic E-state index is 20.0. The molecule has 0 radical (unpaired) electrons. The van der Waals surface area contributed by atoms with Crippen molar-refractivity contribution in [1.29, 1.82) is 0 Å². The Bertz CT molecular complexity index is 2730. The predicted octanol–water partition coefficient (Wildman–Crippen LogP) is 36.2. The molecule has 108 heavy (non-hydrogen) atoms. The minimum atomic E-state index is -0.674. The molecule has 8 heteroatoms. The first-order valence-corrected chi connectivity index (χ1v) is 50.0. The molecule has 4 nitrogen and oxygen atoms in total.